The molecule has 0 aliphatic carbocycles. The first-order valence-corrected chi connectivity index (χ1v) is 5.21. The number of benzene rings is 1. The molecule has 0 spiro atoms. The van der Waals surface area contributed by atoms with Crippen molar-refractivity contribution in [1.82, 2.24) is 0 Å². The van der Waals surface area contributed by atoms with Crippen molar-refractivity contribution < 1.29 is 9.47 Å². The van der Waals surface area contributed by atoms with E-state index in [2.05, 4.69) is 29.2 Å². The van der Waals surface area contributed by atoms with Crippen molar-refractivity contribution in [2.24, 2.45) is 0 Å². The number of epoxide rings is 1. The highest BCUT2D eigenvalue weighted by Gasteiger charge is 2.22. The maximum Gasteiger partial charge on any atom is 0.104 e. The molecule has 0 saturated carbocycles. The second kappa shape index (κ2) is 4.64. The zero-order valence-electron chi connectivity index (χ0n) is 9.27. The molecule has 1 aromatic carbocycles. The van der Waals surface area contributed by atoms with E-state index in [1.165, 1.54) is 11.3 Å². The summed E-state index contributed by atoms with van der Waals surface area (Å²) in [6.45, 7) is 2.25. The highest BCUT2D eigenvalue weighted by molar-refractivity contribution is 5.45. The van der Waals surface area contributed by atoms with Gasteiger partial charge in [-0.2, -0.15) is 0 Å². The van der Waals surface area contributed by atoms with Gasteiger partial charge in [0, 0.05) is 19.8 Å². The molecule has 0 amide bonds. The van der Waals surface area contributed by atoms with Crippen LogP contribution < -0.4 is 4.90 Å². The summed E-state index contributed by atoms with van der Waals surface area (Å²) < 4.78 is 10.6. The molecule has 0 unspecified atom stereocenters. The van der Waals surface area contributed by atoms with Gasteiger partial charge in [-0.3, -0.25) is 0 Å². The van der Waals surface area contributed by atoms with E-state index in [4.69, 9.17) is 9.47 Å². The molecule has 0 bridgehead atoms. The van der Waals surface area contributed by atoms with Crippen molar-refractivity contribution in [3.05, 3.63) is 29.8 Å². The Hall–Kier alpha value is -1.06. The summed E-state index contributed by atoms with van der Waals surface area (Å²) >= 11 is 0. The molecule has 0 aromatic heterocycles. The highest BCUT2D eigenvalue weighted by atomic mass is 16.6. The lowest BCUT2D eigenvalue weighted by molar-refractivity contribution is 0.104. The third-order valence-corrected chi connectivity index (χ3v) is 2.43. The Labute approximate surface area is 90.6 Å². The predicted molar refractivity (Wildman–Crippen MR) is 60.2 cm³/mol. The van der Waals surface area contributed by atoms with Gasteiger partial charge in [0.1, 0.15) is 6.10 Å². The molecule has 3 nitrogen and oxygen atoms in total. The van der Waals surface area contributed by atoms with Gasteiger partial charge in [0.15, 0.2) is 0 Å². The Morgan fingerprint density at radius 2 is 2.00 bits per heavy atom. The van der Waals surface area contributed by atoms with E-state index in [-0.39, 0.29) is 0 Å². The van der Waals surface area contributed by atoms with E-state index >= 15 is 0 Å². The van der Waals surface area contributed by atoms with E-state index in [1.54, 1.807) is 0 Å². The van der Waals surface area contributed by atoms with E-state index in [0.29, 0.717) is 12.7 Å². The average Bonchev–Trinajstić information content (AvgIpc) is 3.02. The van der Waals surface area contributed by atoms with Crippen LogP contribution in [0.4, 0.5) is 5.69 Å². The maximum atomic E-state index is 5.51. The summed E-state index contributed by atoms with van der Waals surface area (Å²) in [5, 5.41) is 0. The van der Waals surface area contributed by atoms with Gasteiger partial charge >= 0.3 is 0 Å². The van der Waals surface area contributed by atoms with Crippen LogP contribution >= 0.6 is 0 Å². The number of ether oxygens (including phenoxy) is 2. The number of nitrogens with zero attached hydrogens (tertiary/aromatic N) is 1. The van der Waals surface area contributed by atoms with Crippen LogP contribution in [0.3, 0.4) is 0 Å². The molecular formula is C12H17NO2. The van der Waals surface area contributed by atoms with Crippen LogP contribution in [0.25, 0.3) is 0 Å². The van der Waals surface area contributed by atoms with Crippen molar-refractivity contribution in [1.29, 1.82) is 0 Å². The van der Waals surface area contributed by atoms with Gasteiger partial charge in [0.25, 0.3) is 0 Å². The molecule has 82 valence electrons. The van der Waals surface area contributed by atoms with Gasteiger partial charge in [-0.05, 0) is 17.7 Å². The Kier molecular flexibility index (Phi) is 3.23. The molecule has 15 heavy (non-hydrogen) atoms. The highest BCUT2D eigenvalue weighted by Crippen LogP contribution is 2.14. The first kappa shape index (κ1) is 10.5. The van der Waals surface area contributed by atoms with Crippen molar-refractivity contribution in [3.63, 3.8) is 0 Å². The van der Waals surface area contributed by atoms with Crippen molar-refractivity contribution in [3.8, 4) is 0 Å². The standard InChI is InChI=1S/C12H17NO2/c1-13(2)11-5-3-10(4-6-11)7-14-8-12-9-15-12/h3-6,12H,7-9H2,1-2H3/t12-/m1/s1. The van der Waals surface area contributed by atoms with Crippen LogP contribution in [0.1, 0.15) is 5.56 Å². The molecule has 1 aliphatic rings. The third kappa shape index (κ3) is 3.22. The first-order chi connectivity index (χ1) is 7.25. The van der Waals surface area contributed by atoms with Crippen molar-refractivity contribution >= 4 is 5.69 Å². The summed E-state index contributed by atoms with van der Waals surface area (Å²) in [5.41, 5.74) is 2.42. The topological polar surface area (TPSA) is 25.0 Å². The average molecular weight is 207 g/mol. The Bertz CT molecular complexity index is 304. The molecule has 1 saturated heterocycles. The summed E-state index contributed by atoms with van der Waals surface area (Å²) in [6.07, 6.45) is 0.353. The molecule has 0 N–H and O–H groups in total. The first-order valence-electron chi connectivity index (χ1n) is 5.21. The minimum atomic E-state index is 0.353. The normalized spacial score (nSPS) is 18.9. The Morgan fingerprint density at radius 3 is 2.53 bits per heavy atom. The number of anilines is 1. The van der Waals surface area contributed by atoms with E-state index in [1.807, 2.05) is 14.1 Å². The molecule has 1 heterocycles. The minimum absolute atomic E-state index is 0.353. The molecule has 1 atom stereocenters. The Morgan fingerprint density at radius 1 is 1.33 bits per heavy atom. The molecule has 1 aliphatic heterocycles. The van der Waals surface area contributed by atoms with Gasteiger partial charge in [-0.25, -0.2) is 0 Å². The quantitative estimate of drug-likeness (QED) is 0.687. The number of hydrogen-bond acceptors (Lipinski definition) is 3. The summed E-state index contributed by atoms with van der Waals surface area (Å²) in [7, 11) is 4.08. The molecule has 3 heteroatoms. The van der Waals surface area contributed by atoms with Gasteiger partial charge in [-0.15, -0.1) is 0 Å². The van der Waals surface area contributed by atoms with Crippen LogP contribution in [-0.2, 0) is 16.1 Å². The van der Waals surface area contributed by atoms with E-state index in [9.17, 15) is 0 Å². The molecule has 1 fully saturated rings. The summed E-state index contributed by atoms with van der Waals surface area (Å²) in [4.78, 5) is 2.09. The van der Waals surface area contributed by atoms with Crippen LogP contribution in [0.2, 0.25) is 0 Å². The number of hydrogen-bond donors (Lipinski definition) is 0. The lowest BCUT2D eigenvalue weighted by atomic mass is 10.2. The van der Waals surface area contributed by atoms with Crippen LogP contribution in [0.15, 0.2) is 24.3 Å². The minimum Gasteiger partial charge on any atom is -0.378 e. The van der Waals surface area contributed by atoms with Crippen molar-refractivity contribution in [2.75, 3.05) is 32.2 Å². The van der Waals surface area contributed by atoms with Gasteiger partial charge in [-0.1, -0.05) is 12.1 Å². The Balaban J connectivity index is 1.80. The van der Waals surface area contributed by atoms with Crippen LogP contribution in [0, 0.1) is 0 Å². The SMILES string of the molecule is CN(C)c1ccc(COC[C@@H]2CO2)cc1. The summed E-state index contributed by atoms with van der Waals surface area (Å²) in [6, 6.07) is 8.41. The fourth-order valence-electron chi connectivity index (χ4n) is 1.36. The van der Waals surface area contributed by atoms with E-state index in [0.717, 1.165) is 13.2 Å². The van der Waals surface area contributed by atoms with Crippen molar-refractivity contribution in [2.45, 2.75) is 12.7 Å². The van der Waals surface area contributed by atoms with Crippen LogP contribution in [0.5, 0.6) is 0 Å². The lowest BCUT2D eigenvalue weighted by Gasteiger charge is -2.12. The van der Waals surface area contributed by atoms with Gasteiger partial charge in [0.05, 0.1) is 19.8 Å². The monoisotopic (exact) mass is 207 g/mol. The predicted octanol–water partition coefficient (Wildman–Crippen LogP) is 1.67. The summed E-state index contributed by atoms with van der Waals surface area (Å²) in [5.74, 6) is 0. The lowest BCUT2D eigenvalue weighted by Crippen LogP contribution is -2.08. The fourth-order valence-corrected chi connectivity index (χ4v) is 1.36. The second-order valence-corrected chi connectivity index (χ2v) is 4.03. The molecule has 0 radical (unpaired) electrons. The largest absolute Gasteiger partial charge is 0.378 e. The zero-order valence-corrected chi connectivity index (χ0v) is 9.27. The smallest absolute Gasteiger partial charge is 0.104 e. The zero-order chi connectivity index (χ0) is 10.7. The second-order valence-electron chi connectivity index (χ2n) is 4.03. The maximum absolute atomic E-state index is 5.51. The fraction of sp³-hybridized carbons (Fsp3) is 0.500. The molecule has 1 aromatic rings. The third-order valence-electron chi connectivity index (χ3n) is 2.43. The van der Waals surface area contributed by atoms with Gasteiger partial charge < -0.3 is 14.4 Å². The van der Waals surface area contributed by atoms with Crippen LogP contribution in [-0.4, -0.2) is 33.4 Å². The molecule has 2 rings (SSSR count). The van der Waals surface area contributed by atoms with E-state index < -0.39 is 0 Å². The molecular weight excluding hydrogens is 190 g/mol. The number of rotatable bonds is 5. The van der Waals surface area contributed by atoms with Gasteiger partial charge in [0.2, 0.25) is 0 Å².